The first kappa shape index (κ1) is 13.9. The van der Waals surface area contributed by atoms with E-state index in [1.165, 1.54) is 25.9 Å². The second-order valence-electron chi connectivity index (χ2n) is 7.39. The molecular weight excluding hydrogens is 246 g/mol. The van der Waals surface area contributed by atoms with Gasteiger partial charge in [0.1, 0.15) is 5.82 Å². The van der Waals surface area contributed by atoms with E-state index in [1.807, 2.05) is 24.4 Å². The highest BCUT2D eigenvalue weighted by Gasteiger charge is 2.55. The molecule has 0 amide bonds. The van der Waals surface area contributed by atoms with Gasteiger partial charge >= 0.3 is 0 Å². The molecule has 0 radical (unpaired) electrons. The lowest BCUT2D eigenvalue weighted by Gasteiger charge is -2.50. The van der Waals surface area contributed by atoms with Gasteiger partial charge in [-0.05, 0) is 41.7 Å². The molecule has 1 aromatic rings. The summed E-state index contributed by atoms with van der Waals surface area (Å²) in [5, 5.41) is 3.42. The maximum absolute atomic E-state index is 4.31. The number of anilines is 1. The number of likely N-dealkylation sites (tertiary alicyclic amines) is 1. The molecule has 1 saturated carbocycles. The molecule has 2 bridgehead atoms. The highest BCUT2D eigenvalue weighted by Crippen LogP contribution is 2.58. The summed E-state index contributed by atoms with van der Waals surface area (Å²) in [6.45, 7) is 12.1. The molecule has 1 N–H and O–H groups in total. The van der Waals surface area contributed by atoms with E-state index in [2.05, 4.69) is 36.0 Å². The summed E-state index contributed by atoms with van der Waals surface area (Å²) in [5.74, 6) is 1.86. The molecule has 2 fully saturated rings. The van der Waals surface area contributed by atoms with Crippen LogP contribution in [0.5, 0.6) is 0 Å². The van der Waals surface area contributed by atoms with Crippen molar-refractivity contribution in [3.05, 3.63) is 24.4 Å². The summed E-state index contributed by atoms with van der Waals surface area (Å²) in [4.78, 5) is 6.96. The van der Waals surface area contributed by atoms with Gasteiger partial charge < -0.3 is 10.2 Å². The minimum atomic E-state index is 0.501. The van der Waals surface area contributed by atoms with Crippen molar-refractivity contribution < 1.29 is 0 Å². The first-order valence-corrected chi connectivity index (χ1v) is 7.88. The largest absolute Gasteiger partial charge is 0.369 e. The predicted octanol–water partition coefficient (Wildman–Crippen LogP) is 3.25. The average Bonchev–Trinajstić information content (AvgIpc) is 2.57. The monoisotopic (exact) mass is 273 g/mol. The van der Waals surface area contributed by atoms with Gasteiger partial charge in [0, 0.05) is 32.4 Å². The lowest BCUT2D eigenvalue weighted by Crippen LogP contribution is -2.52. The summed E-state index contributed by atoms with van der Waals surface area (Å²) in [5.41, 5.74) is 1.01. The van der Waals surface area contributed by atoms with Crippen LogP contribution >= 0.6 is 0 Å². The van der Waals surface area contributed by atoms with Crippen LogP contribution in [-0.2, 0) is 0 Å². The Morgan fingerprint density at radius 3 is 2.90 bits per heavy atom. The van der Waals surface area contributed by atoms with E-state index in [-0.39, 0.29) is 0 Å². The number of pyridine rings is 1. The van der Waals surface area contributed by atoms with Crippen molar-refractivity contribution in [2.75, 3.05) is 31.5 Å². The number of aromatic nitrogens is 1. The molecule has 1 aliphatic heterocycles. The topological polar surface area (TPSA) is 28.2 Å². The molecule has 0 spiro atoms. The minimum absolute atomic E-state index is 0.501. The van der Waals surface area contributed by atoms with Crippen molar-refractivity contribution >= 4 is 5.82 Å². The molecule has 3 heteroatoms. The maximum Gasteiger partial charge on any atom is 0.125 e. The molecule has 3 nitrogen and oxygen atoms in total. The number of rotatable bonds is 4. The normalized spacial score (nSPS) is 32.2. The molecule has 2 aliphatic rings. The number of nitrogens with zero attached hydrogens (tertiary/aromatic N) is 2. The first-order chi connectivity index (χ1) is 9.51. The molecule has 3 rings (SSSR count). The van der Waals surface area contributed by atoms with Crippen LogP contribution in [0.2, 0.25) is 0 Å². The highest BCUT2D eigenvalue weighted by atomic mass is 15.2. The van der Waals surface area contributed by atoms with Crippen molar-refractivity contribution in [1.29, 1.82) is 0 Å². The molecule has 2 heterocycles. The third-order valence-electron chi connectivity index (χ3n) is 6.07. The lowest BCUT2D eigenvalue weighted by molar-refractivity contribution is -0.0157. The molecule has 1 aromatic heterocycles. The number of hydrogen-bond acceptors (Lipinski definition) is 3. The van der Waals surface area contributed by atoms with E-state index in [0.29, 0.717) is 10.8 Å². The van der Waals surface area contributed by atoms with E-state index >= 15 is 0 Å². The zero-order valence-electron chi connectivity index (χ0n) is 13.0. The van der Waals surface area contributed by atoms with Gasteiger partial charge in [0.15, 0.2) is 0 Å². The quantitative estimate of drug-likeness (QED) is 0.912. The van der Waals surface area contributed by atoms with Crippen LogP contribution in [0.25, 0.3) is 0 Å². The number of piperidine rings is 1. The van der Waals surface area contributed by atoms with Crippen molar-refractivity contribution in [2.45, 2.75) is 33.6 Å². The first-order valence-electron chi connectivity index (χ1n) is 7.88. The summed E-state index contributed by atoms with van der Waals surface area (Å²) >= 11 is 0. The zero-order chi connectivity index (χ0) is 14.2. The van der Waals surface area contributed by atoms with Crippen LogP contribution in [0, 0.1) is 16.7 Å². The number of fused-ring (bicyclic) bond motifs is 2. The van der Waals surface area contributed by atoms with E-state index in [1.54, 1.807) is 0 Å². The molecule has 20 heavy (non-hydrogen) atoms. The third-order valence-corrected chi connectivity index (χ3v) is 6.07. The van der Waals surface area contributed by atoms with Crippen LogP contribution in [0.1, 0.15) is 33.6 Å². The second kappa shape index (κ2) is 5.03. The fourth-order valence-electron chi connectivity index (χ4n) is 4.12. The highest BCUT2D eigenvalue weighted by molar-refractivity contribution is 5.32. The van der Waals surface area contributed by atoms with Gasteiger partial charge in [-0.3, -0.25) is 0 Å². The third kappa shape index (κ3) is 2.32. The Labute approximate surface area is 122 Å². The van der Waals surface area contributed by atoms with Gasteiger partial charge in [0.05, 0.1) is 0 Å². The molecule has 110 valence electrons. The summed E-state index contributed by atoms with van der Waals surface area (Å²) in [7, 11) is 0. The van der Waals surface area contributed by atoms with E-state index in [4.69, 9.17) is 0 Å². The Balaban J connectivity index is 1.53. The number of nitrogens with one attached hydrogen (secondary N) is 1. The average molecular weight is 273 g/mol. The van der Waals surface area contributed by atoms with E-state index in [9.17, 15) is 0 Å². The predicted molar refractivity (Wildman–Crippen MR) is 83.8 cm³/mol. The second-order valence-corrected chi connectivity index (χ2v) is 7.39. The maximum atomic E-state index is 4.31. The summed E-state index contributed by atoms with van der Waals surface area (Å²) in [6.07, 6.45) is 4.65. The fourth-order valence-corrected chi connectivity index (χ4v) is 4.12. The molecule has 1 saturated heterocycles. The molecule has 1 aliphatic carbocycles. The van der Waals surface area contributed by atoms with Gasteiger partial charge in [0.25, 0.3) is 0 Å². The minimum Gasteiger partial charge on any atom is -0.369 e. The van der Waals surface area contributed by atoms with Crippen molar-refractivity contribution in [1.82, 2.24) is 9.88 Å². The van der Waals surface area contributed by atoms with Gasteiger partial charge in [-0.1, -0.05) is 26.8 Å². The summed E-state index contributed by atoms with van der Waals surface area (Å²) in [6, 6.07) is 6.01. The van der Waals surface area contributed by atoms with Gasteiger partial charge in [-0.25, -0.2) is 4.98 Å². The Hall–Kier alpha value is -1.09. The van der Waals surface area contributed by atoms with E-state index in [0.717, 1.165) is 24.8 Å². The molecular formula is C17H27N3. The standard InChI is InChI=1S/C17H27N3/c1-16(2)14-7-8-17(16,3)13-20(12-14)11-10-19-15-6-4-5-9-18-15/h4-6,9,14H,7-8,10-13H2,1-3H3,(H,18,19). The number of hydrogen-bond donors (Lipinski definition) is 1. The fraction of sp³-hybridized carbons (Fsp3) is 0.706. The van der Waals surface area contributed by atoms with Crippen LogP contribution in [0.15, 0.2) is 24.4 Å². The summed E-state index contributed by atoms with van der Waals surface area (Å²) < 4.78 is 0. The Morgan fingerprint density at radius 2 is 2.20 bits per heavy atom. The van der Waals surface area contributed by atoms with Crippen LogP contribution in [-0.4, -0.2) is 36.1 Å². The molecule has 2 unspecified atom stereocenters. The van der Waals surface area contributed by atoms with Crippen molar-refractivity contribution in [3.63, 3.8) is 0 Å². The Bertz CT molecular complexity index is 457. The SMILES string of the molecule is CC12CCC(CN(CCNc3ccccn3)C1)C2(C)C. The zero-order valence-corrected chi connectivity index (χ0v) is 13.0. The van der Waals surface area contributed by atoms with Crippen molar-refractivity contribution in [3.8, 4) is 0 Å². The lowest BCUT2D eigenvalue weighted by atomic mass is 9.63. The van der Waals surface area contributed by atoms with Crippen LogP contribution in [0.4, 0.5) is 5.82 Å². The van der Waals surface area contributed by atoms with Crippen molar-refractivity contribution in [2.24, 2.45) is 16.7 Å². The van der Waals surface area contributed by atoms with Gasteiger partial charge in [-0.15, -0.1) is 0 Å². The van der Waals surface area contributed by atoms with Gasteiger partial charge in [0.2, 0.25) is 0 Å². The Morgan fingerprint density at radius 1 is 1.35 bits per heavy atom. The molecule has 0 aromatic carbocycles. The smallest absolute Gasteiger partial charge is 0.125 e. The Kier molecular flexibility index (Phi) is 3.49. The van der Waals surface area contributed by atoms with Gasteiger partial charge in [-0.2, -0.15) is 0 Å². The molecule has 2 atom stereocenters. The van der Waals surface area contributed by atoms with E-state index < -0.39 is 0 Å². The van der Waals surface area contributed by atoms with Crippen LogP contribution < -0.4 is 5.32 Å². The van der Waals surface area contributed by atoms with Crippen LogP contribution in [0.3, 0.4) is 0 Å².